The number of nitrogens with one attached hydrogen (secondary N) is 1. The van der Waals surface area contributed by atoms with E-state index in [-0.39, 0.29) is 0 Å². The van der Waals surface area contributed by atoms with Gasteiger partial charge in [0, 0.05) is 32.7 Å². The second-order valence-electron chi connectivity index (χ2n) is 4.17. The lowest BCUT2D eigenvalue weighted by Crippen LogP contribution is -2.14. The lowest BCUT2D eigenvalue weighted by Gasteiger charge is -2.11. The Morgan fingerprint density at radius 2 is 2.00 bits per heavy atom. The molecule has 0 unspecified atom stereocenters. The summed E-state index contributed by atoms with van der Waals surface area (Å²) in [5, 5.41) is 3.31. The fourth-order valence-electron chi connectivity index (χ4n) is 1.45. The smallest absolute Gasteiger partial charge is 0.226 e. The minimum absolute atomic E-state index is 0.733. The molecule has 0 saturated heterocycles. The summed E-state index contributed by atoms with van der Waals surface area (Å²) in [5.41, 5.74) is 0. The van der Waals surface area contributed by atoms with Gasteiger partial charge in [0.15, 0.2) is 0 Å². The van der Waals surface area contributed by atoms with Crippen molar-refractivity contribution in [3.63, 3.8) is 0 Å². The maximum atomic E-state index is 5.62. The Kier molecular flexibility index (Phi) is 6.70. The van der Waals surface area contributed by atoms with Gasteiger partial charge in [0.1, 0.15) is 5.82 Å². The maximum Gasteiger partial charge on any atom is 0.226 e. The van der Waals surface area contributed by atoms with E-state index in [1.165, 1.54) is 12.8 Å². The van der Waals surface area contributed by atoms with Gasteiger partial charge in [-0.2, -0.15) is 4.98 Å². The fourth-order valence-corrected chi connectivity index (χ4v) is 1.64. The first-order valence-electron chi connectivity index (χ1n) is 6.04. The molecule has 4 nitrogen and oxygen atoms in total. The number of rotatable bonds is 8. The second kappa shape index (κ2) is 8.12. The summed E-state index contributed by atoms with van der Waals surface area (Å²) in [6.07, 6.45) is 6.46. The molecule has 5 heteroatoms. The van der Waals surface area contributed by atoms with Crippen molar-refractivity contribution in [2.45, 2.75) is 25.7 Å². The molecule has 0 aliphatic rings. The number of anilines is 2. The molecule has 0 aliphatic heterocycles. The van der Waals surface area contributed by atoms with Crippen LogP contribution in [0, 0.1) is 0 Å². The molecule has 1 N–H and O–H groups in total. The highest BCUT2D eigenvalue weighted by Crippen LogP contribution is 2.08. The maximum absolute atomic E-state index is 5.62. The van der Waals surface area contributed by atoms with E-state index in [1.54, 1.807) is 6.20 Å². The highest BCUT2D eigenvalue weighted by atomic mass is 35.5. The van der Waals surface area contributed by atoms with Gasteiger partial charge >= 0.3 is 0 Å². The van der Waals surface area contributed by atoms with Crippen molar-refractivity contribution in [1.82, 2.24) is 9.97 Å². The van der Waals surface area contributed by atoms with Crippen molar-refractivity contribution in [2.24, 2.45) is 0 Å². The Morgan fingerprint density at radius 1 is 1.24 bits per heavy atom. The van der Waals surface area contributed by atoms with Crippen molar-refractivity contribution in [3.8, 4) is 0 Å². The number of unbranched alkanes of at least 4 members (excludes halogenated alkanes) is 3. The molecule has 1 rings (SSSR count). The summed E-state index contributed by atoms with van der Waals surface area (Å²) < 4.78 is 0. The third kappa shape index (κ3) is 5.73. The summed E-state index contributed by atoms with van der Waals surface area (Å²) in [6.45, 7) is 0.951. The quantitative estimate of drug-likeness (QED) is 0.574. The first kappa shape index (κ1) is 14.0. The highest BCUT2D eigenvalue weighted by Gasteiger charge is 1.99. The van der Waals surface area contributed by atoms with Crippen LogP contribution in [0.15, 0.2) is 12.3 Å². The lowest BCUT2D eigenvalue weighted by atomic mass is 10.2. The van der Waals surface area contributed by atoms with Crippen molar-refractivity contribution < 1.29 is 0 Å². The Balaban J connectivity index is 2.24. The monoisotopic (exact) mass is 256 g/mol. The summed E-state index contributed by atoms with van der Waals surface area (Å²) in [7, 11) is 3.87. The Labute approximate surface area is 108 Å². The predicted octanol–water partition coefficient (Wildman–Crippen LogP) is 2.75. The van der Waals surface area contributed by atoms with Gasteiger partial charge in [-0.05, 0) is 18.9 Å². The average molecular weight is 257 g/mol. The standard InChI is InChI=1S/C12H21ClN4/c1-17(2)12-15-10-7-11(16-12)14-9-6-4-3-5-8-13/h7,10H,3-6,8-9H2,1-2H3,(H,14,15,16). The van der Waals surface area contributed by atoms with E-state index >= 15 is 0 Å². The summed E-state index contributed by atoms with van der Waals surface area (Å²) in [5.74, 6) is 2.39. The SMILES string of the molecule is CN(C)c1nccc(NCCCCCCCl)n1. The first-order valence-corrected chi connectivity index (χ1v) is 6.57. The predicted molar refractivity (Wildman–Crippen MR) is 74.0 cm³/mol. The Bertz CT molecular complexity index is 317. The van der Waals surface area contributed by atoms with Crippen LogP contribution in [0.2, 0.25) is 0 Å². The van der Waals surface area contributed by atoms with Gasteiger partial charge in [-0.1, -0.05) is 12.8 Å². The van der Waals surface area contributed by atoms with E-state index in [0.717, 1.165) is 37.0 Å². The van der Waals surface area contributed by atoms with Gasteiger partial charge in [-0.3, -0.25) is 0 Å². The molecule has 0 amide bonds. The number of hydrogen-bond acceptors (Lipinski definition) is 4. The van der Waals surface area contributed by atoms with Crippen LogP contribution in [0.1, 0.15) is 25.7 Å². The van der Waals surface area contributed by atoms with Crippen molar-refractivity contribution >= 4 is 23.4 Å². The van der Waals surface area contributed by atoms with Gasteiger partial charge < -0.3 is 10.2 Å². The number of halogens is 1. The molecule has 1 aromatic heterocycles. The van der Waals surface area contributed by atoms with Crippen LogP contribution in [0.25, 0.3) is 0 Å². The second-order valence-corrected chi connectivity index (χ2v) is 4.54. The van der Waals surface area contributed by atoms with Crippen LogP contribution < -0.4 is 10.2 Å². The van der Waals surface area contributed by atoms with Crippen LogP contribution in [-0.2, 0) is 0 Å². The van der Waals surface area contributed by atoms with Crippen molar-refractivity contribution in [1.29, 1.82) is 0 Å². The molecule has 0 radical (unpaired) electrons. The minimum atomic E-state index is 0.733. The molecule has 0 saturated carbocycles. The van der Waals surface area contributed by atoms with E-state index in [2.05, 4.69) is 15.3 Å². The van der Waals surface area contributed by atoms with E-state index in [4.69, 9.17) is 11.6 Å². The highest BCUT2D eigenvalue weighted by molar-refractivity contribution is 6.17. The molecule has 1 aromatic rings. The van der Waals surface area contributed by atoms with Gasteiger partial charge in [-0.25, -0.2) is 4.98 Å². The third-order valence-corrected chi connectivity index (χ3v) is 2.68. The number of aromatic nitrogens is 2. The average Bonchev–Trinajstić information content (AvgIpc) is 2.34. The molecule has 1 heterocycles. The summed E-state index contributed by atoms with van der Waals surface area (Å²) in [4.78, 5) is 10.5. The van der Waals surface area contributed by atoms with E-state index < -0.39 is 0 Å². The lowest BCUT2D eigenvalue weighted by molar-refractivity contribution is 0.686. The molecule has 0 bridgehead atoms. The zero-order valence-corrected chi connectivity index (χ0v) is 11.4. The van der Waals surface area contributed by atoms with Crippen LogP contribution >= 0.6 is 11.6 Å². The zero-order valence-electron chi connectivity index (χ0n) is 10.6. The van der Waals surface area contributed by atoms with Crippen LogP contribution in [-0.4, -0.2) is 36.5 Å². The molecule has 0 spiro atoms. The molecule has 0 aromatic carbocycles. The van der Waals surface area contributed by atoms with Gasteiger partial charge in [0.25, 0.3) is 0 Å². The van der Waals surface area contributed by atoms with Crippen LogP contribution in [0.4, 0.5) is 11.8 Å². The van der Waals surface area contributed by atoms with Gasteiger partial charge in [-0.15, -0.1) is 11.6 Å². The first-order chi connectivity index (χ1) is 8.24. The van der Waals surface area contributed by atoms with Crippen LogP contribution in [0.5, 0.6) is 0 Å². The van der Waals surface area contributed by atoms with Gasteiger partial charge in [0.05, 0.1) is 0 Å². The number of nitrogens with zero attached hydrogens (tertiary/aromatic N) is 3. The van der Waals surface area contributed by atoms with Crippen LogP contribution in [0.3, 0.4) is 0 Å². The van der Waals surface area contributed by atoms with Crippen molar-refractivity contribution in [3.05, 3.63) is 12.3 Å². The van der Waals surface area contributed by atoms with Gasteiger partial charge in [0.2, 0.25) is 5.95 Å². The third-order valence-electron chi connectivity index (χ3n) is 2.41. The Morgan fingerprint density at radius 3 is 2.71 bits per heavy atom. The molecular formula is C12H21ClN4. The van der Waals surface area contributed by atoms with Crippen molar-refractivity contribution in [2.75, 3.05) is 36.7 Å². The molecular weight excluding hydrogens is 236 g/mol. The minimum Gasteiger partial charge on any atom is -0.370 e. The summed E-state index contributed by atoms with van der Waals surface area (Å²) in [6, 6.07) is 1.89. The zero-order chi connectivity index (χ0) is 12.5. The van der Waals surface area contributed by atoms with E-state index in [9.17, 15) is 0 Å². The van der Waals surface area contributed by atoms with E-state index in [0.29, 0.717) is 0 Å². The molecule has 0 atom stereocenters. The number of alkyl halides is 1. The molecule has 0 fully saturated rings. The summed E-state index contributed by atoms with van der Waals surface area (Å²) >= 11 is 5.62. The number of hydrogen-bond donors (Lipinski definition) is 1. The topological polar surface area (TPSA) is 41.1 Å². The molecule has 17 heavy (non-hydrogen) atoms. The van der Waals surface area contributed by atoms with E-state index in [1.807, 2.05) is 25.1 Å². The largest absolute Gasteiger partial charge is 0.370 e. The fraction of sp³-hybridized carbons (Fsp3) is 0.667. The molecule has 96 valence electrons. The molecule has 0 aliphatic carbocycles. The Hall–Kier alpha value is -1.03. The normalized spacial score (nSPS) is 10.3.